The molecule has 2 heterocycles. The molecule has 0 saturated carbocycles. The number of amides is 2. The van der Waals surface area contributed by atoms with Gasteiger partial charge in [0.1, 0.15) is 22.6 Å². The predicted molar refractivity (Wildman–Crippen MR) is 158 cm³/mol. The number of aromatic nitrogens is 2. The van der Waals surface area contributed by atoms with Gasteiger partial charge in [-0.2, -0.15) is 4.98 Å². The van der Waals surface area contributed by atoms with Crippen molar-refractivity contribution >= 4 is 45.0 Å². The summed E-state index contributed by atoms with van der Waals surface area (Å²) in [6, 6.07) is 10.1. The first-order valence-corrected chi connectivity index (χ1v) is 15.2. The molecule has 0 bridgehead atoms. The highest BCUT2D eigenvalue weighted by Crippen LogP contribution is 2.35. The van der Waals surface area contributed by atoms with Gasteiger partial charge in [0, 0.05) is 18.0 Å². The van der Waals surface area contributed by atoms with Gasteiger partial charge in [-0.25, -0.2) is 17.2 Å². The Morgan fingerprint density at radius 3 is 2.59 bits per heavy atom. The highest BCUT2D eigenvalue weighted by Gasteiger charge is 2.38. The molecule has 0 saturated heterocycles. The normalized spacial score (nSPS) is 15.6. The van der Waals surface area contributed by atoms with Crippen LogP contribution in [0.3, 0.4) is 0 Å². The molecule has 3 aromatic carbocycles. The first-order chi connectivity index (χ1) is 20.9. The van der Waals surface area contributed by atoms with Gasteiger partial charge in [-0.1, -0.05) is 58.7 Å². The number of carbonyl (C=O) groups is 2. The molecule has 5 rings (SSSR count). The van der Waals surface area contributed by atoms with E-state index >= 15 is 4.39 Å². The first kappa shape index (κ1) is 31.1. The SMILES string of the molecule is Cc1noc(-c2c(F)cccc2-c2ccc(C(C)NC(=O)CC3C(=O)NC=CN3S(=O)(=O)c3cccc(Cl)c3Cl)c(F)c2)n1. The fourth-order valence-electron chi connectivity index (χ4n) is 4.72. The molecular weight excluding hydrogens is 639 g/mol. The van der Waals surface area contributed by atoms with Gasteiger partial charge in [0.2, 0.25) is 11.8 Å². The Bertz CT molecular complexity index is 1920. The lowest BCUT2D eigenvalue weighted by atomic mass is 9.96. The minimum Gasteiger partial charge on any atom is -0.349 e. The maximum absolute atomic E-state index is 15.4. The number of hydrogen-bond acceptors (Lipinski definition) is 7. The lowest BCUT2D eigenvalue weighted by Gasteiger charge is -2.31. The van der Waals surface area contributed by atoms with Crippen LogP contribution in [0, 0.1) is 18.6 Å². The minimum atomic E-state index is -4.40. The molecule has 2 N–H and O–H groups in total. The van der Waals surface area contributed by atoms with E-state index in [2.05, 4.69) is 20.8 Å². The Hall–Kier alpha value is -4.33. The van der Waals surface area contributed by atoms with Crippen molar-refractivity contribution in [3.05, 3.63) is 100 Å². The summed E-state index contributed by atoms with van der Waals surface area (Å²) >= 11 is 12.1. The zero-order valence-corrected chi connectivity index (χ0v) is 25.3. The maximum atomic E-state index is 15.4. The molecule has 0 spiro atoms. The third-order valence-corrected chi connectivity index (χ3v) is 9.58. The maximum Gasteiger partial charge on any atom is 0.266 e. The van der Waals surface area contributed by atoms with Crippen molar-refractivity contribution in [3.8, 4) is 22.6 Å². The lowest BCUT2D eigenvalue weighted by molar-refractivity contribution is -0.129. The van der Waals surface area contributed by atoms with Gasteiger partial charge in [-0.3, -0.25) is 13.9 Å². The summed E-state index contributed by atoms with van der Waals surface area (Å²) in [5, 5.41) is 8.44. The molecule has 4 aromatic rings. The molecule has 44 heavy (non-hydrogen) atoms. The van der Waals surface area contributed by atoms with E-state index in [9.17, 15) is 22.4 Å². The van der Waals surface area contributed by atoms with Crippen LogP contribution in [0.4, 0.5) is 8.78 Å². The van der Waals surface area contributed by atoms with E-state index in [-0.39, 0.29) is 32.0 Å². The lowest BCUT2D eigenvalue weighted by Crippen LogP contribution is -2.51. The van der Waals surface area contributed by atoms with Gasteiger partial charge >= 0.3 is 0 Å². The van der Waals surface area contributed by atoms with E-state index in [4.69, 9.17) is 27.7 Å². The molecule has 228 valence electrons. The molecule has 1 aromatic heterocycles. The second-order valence-electron chi connectivity index (χ2n) is 9.77. The van der Waals surface area contributed by atoms with Gasteiger partial charge in [0.15, 0.2) is 5.82 Å². The standard InChI is InChI=1S/C29H23Cl2F2N5O5S/c1-15(18-10-9-17(13-22(18)33)19-5-3-7-21(32)26(19)29-36-16(2)37-43-29)35-25(39)14-23-28(40)34-11-12-38(23)44(41,42)24-8-4-6-20(30)27(24)31/h3-13,15,23H,14H2,1-2H3,(H,34,40)(H,35,39). The Morgan fingerprint density at radius 1 is 1.14 bits per heavy atom. The van der Waals surface area contributed by atoms with Gasteiger partial charge in [0.25, 0.3) is 15.9 Å². The van der Waals surface area contributed by atoms with Crippen LogP contribution < -0.4 is 10.6 Å². The molecule has 10 nitrogen and oxygen atoms in total. The van der Waals surface area contributed by atoms with E-state index in [0.717, 1.165) is 16.7 Å². The second-order valence-corrected chi connectivity index (χ2v) is 12.4. The number of benzene rings is 3. The van der Waals surface area contributed by atoms with Crippen molar-refractivity contribution in [2.45, 2.75) is 37.2 Å². The van der Waals surface area contributed by atoms with E-state index < -0.39 is 52.0 Å². The highest BCUT2D eigenvalue weighted by atomic mass is 35.5. The van der Waals surface area contributed by atoms with Gasteiger partial charge in [-0.15, -0.1) is 0 Å². The fourth-order valence-corrected chi connectivity index (χ4v) is 6.91. The number of nitrogens with one attached hydrogen (secondary N) is 2. The summed E-state index contributed by atoms with van der Waals surface area (Å²) in [7, 11) is -4.40. The summed E-state index contributed by atoms with van der Waals surface area (Å²) < 4.78 is 62.8. The molecule has 0 radical (unpaired) electrons. The number of aryl methyl sites for hydroxylation is 1. The molecule has 1 aliphatic rings. The Morgan fingerprint density at radius 2 is 1.89 bits per heavy atom. The van der Waals surface area contributed by atoms with Gasteiger partial charge < -0.3 is 15.2 Å². The Balaban J connectivity index is 1.35. The number of halogens is 4. The summed E-state index contributed by atoms with van der Waals surface area (Å²) in [6.07, 6.45) is 1.63. The summed E-state index contributed by atoms with van der Waals surface area (Å²) in [4.78, 5) is 29.5. The van der Waals surface area contributed by atoms with Crippen LogP contribution in [0.1, 0.15) is 30.8 Å². The van der Waals surface area contributed by atoms with Crippen molar-refractivity contribution in [1.82, 2.24) is 25.1 Å². The third-order valence-electron chi connectivity index (χ3n) is 6.82. The van der Waals surface area contributed by atoms with Crippen LogP contribution in [-0.2, 0) is 19.6 Å². The molecule has 0 aliphatic carbocycles. The quantitative estimate of drug-likeness (QED) is 0.254. The molecule has 1 aliphatic heterocycles. The summed E-state index contributed by atoms with van der Waals surface area (Å²) in [6.45, 7) is 3.10. The van der Waals surface area contributed by atoms with Crippen LogP contribution in [0.2, 0.25) is 10.0 Å². The van der Waals surface area contributed by atoms with Gasteiger partial charge in [-0.05, 0) is 49.2 Å². The summed E-state index contributed by atoms with van der Waals surface area (Å²) in [5.74, 6) is -2.58. The van der Waals surface area contributed by atoms with Crippen LogP contribution >= 0.6 is 23.2 Å². The average Bonchev–Trinajstić information content (AvgIpc) is 3.40. The molecule has 2 unspecified atom stereocenters. The molecule has 2 atom stereocenters. The highest BCUT2D eigenvalue weighted by molar-refractivity contribution is 7.89. The monoisotopic (exact) mass is 661 g/mol. The smallest absolute Gasteiger partial charge is 0.266 e. The van der Waals surface area contributed by atoms with Crippen molar-refractivity contribution in [3.63, 3.8) is 0 Å². The number of rotatable bonds is 8. The van der Waals surface area contributed by atoms with Gasteiger partial charge in [0.05, 0.1) is 28.1 Å². The summed E-state index contributed by atoms with van der Waals surface area (Å²) in [5.41, 5.74) is 0.742. The average molecular weight is 663 g/mol. The predicted octanol–water partition coefficient (Wildman–Crippen LogP) is 5.52. The Labute approximate surface area is 260 Å². The zero-order valence-electron chi connectivity index (χ0n) is 23.0. The van der Waals surface area contributed by atoms with Crippen molar-refractivity contribution in [1.29, 1.82) is 0 Å². The topological polar surface area (TPSA) is 134 Å². The molecular formula is C29H23Cl2F2N5O5S. The molecule has 2 amide bonds. The third kappa shape index (κ3) is 6.03. The second kappa shape index (κ2) is 12.3. The van der Waals surface area contributed by atoms with Crippen LogP contribution in [-0.4, -0.2) is 40.7 Å². The Kier molecular flexibility index (Phi) is 8.73. The number of carbonyl (C=O) groups excluding carboxylic acids is 2. The minimum absolute atomic E-state index is 0.00675. The molecule has 0 fully saturated rings. The first-order valence-electron chi connectivity index (χ1n) is 13.0. The van der Waals surface area contributed by atoms with Crippen molar-refractivity contribution in [2.24, 2.45) is 0 Å². The van der Waals surface area contributed by atoms with Crippen molar-refractivity contribution < 1.29 is 31.3 Å². The zero-order chi connectivity index (χ0) is 31.8. The van der Waals surface area contributed by atoms with Crippen molar-refractivity contribution in [2.75, 3.05) is 0 Å². The number of nitrogens with zero attached hydrogens (tertiary/aromatic N) is 3. The number of sulfonamides is 1. The van der Waals surface area contributed by atoms with E-state index in [1.807, 2.05) is 0 Å². The number of hydrogen-bond donors (Lipinski definition) is 2. The molecule has 15 heteroatoms. The van der Waals surface area contributed by atoms with E-state index in [1.165, 1.54) is 49.4 Å². The van der Waals surface area contributed by atoms with Crippen LogP contribution in [0.5, 0.6) is 0 Å². The van der Waals surface area contributed by atoms with Crippen LogP contribution in [0.15, 0.2) is 76.4 Å². The largest absolute Gasteiger partial charge is 0.349 e. The fraction of sp³-hybridized carbons (Fsp3) is 0.172. The van der Waals surface area contributed by atoms with Crippen LogP contribution in [0.25, 0.3) is 22.6 Å². The van der Waals surface area contributed by atoms with E-state index in [1.54, 1.807) is 19.1 Å². The van der Waals surface area contributed by atoms with E-state index in [0.29, 0.717) is 17.0 Å².